The van der Waals surface area contributed by atoms with Crippen molar-refractivity contribution in [1.82, 2.24) is 5.32 Å². The van der Waals surface area contributed by atoms with Crippen molar-refractivity contribution in [3.05, 3.63) is 23.8 Å². The molecule has 18 heavy (non-hydrogen) atoms. The van der Waals surface area contributed by atoms with Crippen LogP contribution in [0, 0.1) is 0 Å². The number of hydrogen-bond acceptors (Lipinski definition) is 4. The summed E-state index contributed by atoms with van der Waals surface area (Å²) < 4.78 is 16.0. The molecule has 1 fully saturated rings. The van der Waals surface area contributed by atoms with Crippen molar-refractivity contribution in [2.24, 2.45) is 0 Å². The molecule has 0 amide bonds. The molecule has 100 valence electrons. The van der Waals surface area contributed by atoms with Crippen molar-refractivity contribution >= 4 is 0 Å². The second-order valence-electron chi connectivity index (χ2n) is 4.42. The molecule has 0 spiro atoms. The lowest BCUT2D eigenvalue weighted by molar-refractivity contribution is 0.0487. The Bertz CT molecular complexity index is 377. The molecule has 2 rings (SSSR count). The van der Waals surface area contributed by atoms with E-state index in [1.54, 1.807) is 7.11 Å². The lowest BCUT2D eigenvalue weighted by atomic mass is 10.2. The normalized spacial score (nSPS) is 14.6. The van der Waals surface area contributed by atoms with E-state index in [4.69, 9.17) is 14.2 Å². The molecule has 0 unspecified atom stereocenters. The van der Waals surface area contributed by atoms with Crippen LogP contribution in [0.2, 0.25) is 0 Å². The molecule has 0 aromatic heterocycles. The van der Waals surface area contributed by atoms with Crippen LogP contribution >= 0.6 is 0 Å². The fourth-order valence-electron chi connectivity index (χ4n) is 1.72. The number of rotatable bonds is 8. The van der Waals surface area contributed by atoms with Gasteiger partial charge in [-0.15, -0.1) is 0 Å². The molecule has 1 aromatic rings. The zero-order chi connectivity index (χ0) is 12.8. The molecule has 0 bridgehead atoms. The molecular formula is C14H21NO3. The molecule has 0 atom stereocenters. The SMILES string of the molecule is CCOc1cc(CNC2CC2)ccc1OCOC. The smallest absolute Gasteiger partial charge is 0.188 e. The maximum atomic E-state index is 5.59. The summed E-state index contributed by atoms with van der Waals surface area (Å²) in [4.78, 5) is 0. The highest BCUT2D eigenvalue weighted by molar-refractivity contribution is 5.43. The molecule has 0 radical (unpaired) electrons. The Labute approximate surface area is 108 Å². The van der Waals surface area contributed by atoms with Crippen LogP contribution in [0.25, 0.3) is 0 Å². The minimum absolute atomic E-state index is 0.236. The van der Waals surface area contributed by atoms with Gasteiger partial charge in [-0.05, 0) is 37.5 Å². The van der Waals surface area contributed by atoms with E-state index in [9.17, 15) is 0 Å². The Morgan fingerprint density at radius 3 is 2.72 bits per heavy atom. The minimum Gasteiger partial charge on any atom is -0.490 e. The second-order valence-corrected chi connectivity index (χ2v) is 4.42. The number of ether oxygens (including phenoxy) is 3. The van der Waals surface area contributed by atoms with Crippen molar-refractivity contribution < 1.29 is 14.2 Å². The monoisotopic (exact) mass is 251 g/mol. The Kier molecular flexibility index (Phi) is 4.84. The van der Waals surface area contributed by atoms with Crippen LogP contribution in [-0.4, -0.2) is 26.6 Å². The lowest BCUT2D eigenvalue weighted by Gasteiger charge is -2.13. The van der Waals surface area contributed by atoms with E-state index in [-0.39, 0.29) is 6.79 Å². The highest BCUT2D eigenvalue weighted by Crippen LogP contribution is 2.29. The van der Waals surface area contributed by atoms with Gasteiger partial charge in [-0.1, -0.05) is 6.07 Å². The van der Waals surface area contributed by atoms with E-state index < -0.39 is 0 Å². The zero-order valence-corrected chi connectivity index (χ0v) is 11.1. The molecule has 4 nitrogen and oxygen atoms in total. The van der Waals surface area contributed by atoms with Crippen molar-refractivity contribution in [2.75, 3.05) is 20.5 Å². The summed E-state index contributed by atoms with van der Waals surface area (Å²) in [6.45, 7) is 3.72. The van der Waals surface area contributed by atoms with Gasteiger partial charge < -0.3 is 19.5 Å². The fraction of sp³-hybridized carbons (Fsp3) is 0.571. The van der Waals surface area contributed by atoms with E-state index in [1.807, 2.05) is 19.1 Å². The predicted octanol–water partition coefficient (Wildman–Crippen LogP) is 2.32. The van der Waals surface area contributed by atoms with E-state index in [1.165, 1.54) is 18.4 Å². The molecule has 1 aliphatic carbocycles. The molecule has 0 aliphatic heterocycles. The summed E-state index contributed by atoms with van der Waals surface area (Å²) in [7, 11) is 1.61. The predicted molar refractivity (Wildman–Crippen MR) is 70.0 cm³/mol. The molecule has 1 aromatic carbocycles. The van der Waals surface area contributed by atoms with Crippen molar-refractivity contribution in [1.29, 1.82) is 0 Å². The van der Waals surface area contributed by atoms with E-state index in [0.29, 0.717) is 12.6 Å². The van der Waals surface area contributed by atoms with Crippen LogP contribution in [0.3, 0.4) is 0 Å². The number of benzene rings is 1. The standard InChI is InChI=1S/C14H21NO3/c1-3-17-14-8-11(9-15-12-5-6-12)4-7-13(14)18-10-16-2/h4,7-8,12,15H,3,5-6,9-10H2,1-2H3. The van der Waals surface area contributed by atoms with Crippen LogP contribution in [0.4, 0.5) is 0 Å². The van der Waals surface area contributed by atoms with E-state index >= 15 is 0 Å². The summed E-state index contributed by atoms with van der Waals surface area (Å²) in [5, 5.41) is 3.48. The van der Waals surface area contributed by atoms with Gasteiger partial charge in [-0.3, -0.25) is 0 Å². The first-order valence-electron chi connectivity index (χ1n) is 6.44. The molecule has 1 saturated carbocycles. The average molecular weight is 251 g/mol. The van der Waals surface area contributed by atoms with Crippen molar-refractivity contribution in [3.63, 3.8) is 0 Å². The van der Waals surface area contributed by atoms with Gasteiger partial charge in [0.2, 0.25) is 0 Å². The molecule has 4 heteroatoms. The van der Waals surface area contributed by atoms with Crippen LogP contribution in [0.5, 0.6) is 11.5 Å². The Morgan fingerprint density at radius 2 is 2.06 bits per heavy atom. The lowest BCUT2D eigenvalue weighted by Crippen LogP contribution is -2.15. The highest BCUT2D eigenvalue weighted by Gasteiger charge is 2.20. The molecule has 0 saturated heterocycles. The maximum Gasteiger partial charge on any atom is 0.188 e. The summed E-state index contributed by atoms with van der Waals surface area (Å²) in [5.74, 6) is 1.51. The van der Waals surface area contributed by atoms with Crippen LogP contribution in [-0.2, 0) is 11.3 Å². The van der Waals surface area contributed by atoms with Crippen LogP contribution in [0.15, 0.2) is 18.2 Å². The van der Waals surface area contributed by atoms with Gasteiger partial charge in [0.15, 0.2) is 18.3 Å². The van der Waals surface area contributed by atoms with Gasteiger partial charge in [0.25, 0.3) is 0 Å². The largest absolute Gasteiger partial charge is 0.490 e. The maximum absolute atomic E-state index is 5.59. The van der Waals surface area contributed by atoms with E-state index in [0.717, 1.165) is 18.0 Å². The van der Waals surface area contributed by atoms with Gasteiger partial charge in [-0.25, -0.2) is 0 Å². The van der Waals surface area contributed by atoms with Gasteiger partial charge in [0.1, 0.15) is 0 Å². The third-order valence-corrected chi connectivity index (χ3v) is 2.81. The second kappa shape index (κ2) is 6.61. The fourth-order valence-corrected chi connectivity index (χ4v) is 1.72. The van der Waals surface area contributed by atoms with E-state index in [2.05, 4.69) is 11.4 Å². The summed E-state index contributed by atoms with van der Waals surface area (Å²) in [6, 6.07) is 6.74. The Morgan fingerprint density at radius 1 is 1.22 bits per heavy atom. The van der Waals surface area contributed by atoms with Gasteiger partial charge in [-0.2, -0.15) is 0 Å². The molecule has 0 heterocycles. The quantitative estimate of drug-likeness (QED) is 0.720. The zero-order valence-electron chi connectivity index (χ0n) is 11.1. The number of hydrogen-bond donors (Lipinski definition) is 1. The van der Waals surface area contributed by atoms with Crippen molar-refractivity contribution in [3.8, 4) is 11.5 Å². The molecule has 1 N–H and O–H groups in total. The Hall–Kier alpha value is -1.26. The molecular weight excluding hydrogens is 230 g/mol. The highest BCUT2D eigenvalue weighted by atomic mass is 16.7. The van der Waals surface area contributed by atoms with Crippen LogP contribution in [0.1, 0.15) is 25.3 Å². The number of nitrogens with one attached hydrogen (secondary N) is 1. The summed E-state index contributed by atoms with van der Waals surface area (Å²) >= 11 is 0. The first kappa shape index (κ1) is 13.2. The average Bonchev–Trinajstić information content (AvgIpc) is 3.20. The van der Waals surface area contributed by atoms with Gasteiger partial charge >= 0.3 is 0 Å². The first-order chi connectivity index (χ1) is 8.83. The van der Waals surface area contributed by atoms with Crippen molar-refractivity contribution in [2.45, 2.75) is 32.4 Å². The summed E-state index contributed by atoms with van der Waals surface area (Å²) in [5.41, 5.74) is 1.22. The first-order valence-corrected chi connectivity index (χ1v) is 6.44. The third-order valence-electron chi connectivity index (χ3n) is 2.81. The van der Waals surface area contributed by atoms with Gasteiger partial charge in [0, 0.05) is 19.7 Å². The minimum atomic E-state index is 0.236. The Balaban J connectivity index is 2.00. The molecule has 1 aliphatic rings. The topological polar surface area (TPSA) is 39.7 Å². The third kappa shape index (κ3) is 3.89. The number of methoxy groups -OCH3 is 1. The summed E-state index contributed by atoms with van der Waals surface area (Å²) in [6.07, 6.45) is 2.60. The van der Waals surface area contributed by atoms with Gasteiger partial charge in [0.05, 0.1) is 6.61 Å². The van der Waals surface area contributed by atoms with Crippen LogP contribution < -0.4 is 14.8 Å².